The topological polar surface area (TPSA) is 54.5 Å². The average Bonchev–Trinajstić information content (AvgIpc) is 3.49. The van der Waals surface area contributed by atoms with Crippen LogP contribution in [-0.4, -0.2) is 48.6 Å². The molecule has 4 rings (SSSR count). The fraction of sp³-hybridized carbons (Fsp3) is 0.400. The van der Waals surface area contributed by atoms with E-state index in [2.05, 4.69) is 22.4 Å². The van der Waals surface area contributed by atoms with E-state index in [9.17, 15) is 4.79 Å². The van der Waals surface area contributed by atoms with Gasteiger partial charge in [-0.2, -0.15) is 0 Å². The molecule has 1 aliphatic heterocycles. The van der Waals surface area contributed by atoms with Gasteiger partial charge in [0.15, 0.2) is 0 Å². The van der Waals surface area contributed by atoms with Crippen molar-refractivity contribution >= 4 is 23.3 Å². The molecule has 136 valence electrons. The van der Waals surface area contributed by atoms with Crippen molar-refractivity contribution in [1.29, 1.82) is 0 Å². The van der Waals surface area contributed by atoms with Crippen LogP contribution >= 0.6 is 11.6 Å². The Morgan fingerprint density at radius 3 is 2.50 bits per heavy atom. The van der Waals surface area contributed by atoms with Crippen LogP contribution in [0, 0.1) is 0 Å². The van der Waals surface area contributed by atoms with Crippen molar-refractivity contribution in [3.05, 3.63) is 58.7 Å². The normalized spacial score (nSPS) is 18.4. The highest BCUT2D eigenvalue weighted by Crippen LogP contribution is 2.48. The number of pyridine rings is 1. The molecule has 1 N–H and O–H groups in total. The number of carbonyl (C=O) groups is 1. The first-order valence-electron chi connectivity index (χ1n) is 8.99. The molecule has 1 amide bonds. The smallest absolute Gasteiger partial charge is 0.255 e. The van der Waals surface area contributed by atoms with Gasteiger partial charge in [-0.1, -0.05) is 23.7 Å². The monoisotopic (exact) mass is 371 g/mol. The summed E-state index contributed by atoms with van der Waals surface area (Å²) in [6.07, 6.45) is 3.98. The Kier molecular flexibility index (Phi) is 4.83. The number of hydrogen-bond acceptors (Lipinski definition) is 4. The Labute approximate surface area is 158 Å². The number of hydrogen-bond donors (Lipinski definition) is 1. The van der Waals surface area contributed by atoms with E-state index in [1.807, 2.05) is 29.2 Å². The quantitative estimate of drug-likeness (QED) is 0.875. The molecule has 26 heavy (non-hydrogen) atoms. The summed E-state index contributed by atoms with van der Waals surface area (Å²) in [7, 11) is 0. The first-order chi connectivity index (χ1) is 12.7. The Morgan fingerprint density at radius 1 is 1.15 bits per heavy atom. The molecule has 0 unspecified atom stereocenters. The van der Waals surface area contributed by atoms with Gasteiger partial charge in [-0.3, -0.25) is 4.79 Å². The van der Waals surface area contributed by atoms with Crippen molar-refractivity contribution in [1.82, 2.24) is 9.88 Å². The lowest BCUT2D eigenvalue weighted by Crippen LogP contribution is -2.40. The standard InChI is InChI=1S/C20H22ClN3O2/c21-17-4-2-16(3-5-17)20(7-8-20)14-23-18-6-1-15(13-22-18)19(25)24-9-11-26-12-10-24/h1-6,13H,7-12,14H2,(H,22,23). The molecule has 0 bridgehead atoms. The Hall–Kier alpha value is -2.11. The predicted molar refractivity (Wildman–Crippen MR) is 102 cm³/mol. The molecule has 5 nitrogen and oxygen atoms in total. The largest absolute Gasteiger partial charge is 0.378 e. The minimum absolute atomic E-state index is 0.0205. The lowest BCUT2D eigenvalue weighted by atomic mass is 9.96. The van der Waals surface area contributed by atoms with Crippen molar-refractivity contribution < 1.29 is 9.53 Å². The number of rotatable bonds is 5. The van der Waals surface area contributed by atoms with Gasteiger partial charge in [0.2, 0.25) is 0 Å². The third-order valence-corrected chi connectivity index (χ3v) is 5.48. The minimum atomic E-state index is 0.0205. The van der Waals surface area contributed by atoms with Crippen molar-refractivity contribution in [2.75, 3.05) is 38.2 Å². The van der Waals surface area contributed by atoms with E-state index in [4.69, 9.17) is 16.3 Å². The van der Waals surface area contributed by atoms with Crippen LogP contribution in [0.5, 0.6) is 0 Å². The summed E-state index contributed by atoms with van der Waals surface area (Å²) in [5, 5.41) is 4.18. The van der Waals surface area contributed by atoms with E-state index in [0.717, 1.165) is 30.2 Å². The number of halogens is 1. The Balaban J connectivity index is 1.37. The van der Waals surface area contributed by atoms with Gasteiger partial charge in [0.25, 0.3) is 5.91 Å². The second-order valence-electron chi connectivity index (χ2n) is 6.98. The van der Waals surface area contributed by atoms with Gasteiger partial charge in [-0.05, 0) is 42.7 Å². The molecule has 1 saturated carbocycles. The first kappa shape index (κ1) is 17.3. The van der Waals surface area contributed by atoms with E-state index in [0.29, 0.717) is 31.9 Å². The van der Waals surface area contributed by atoms with Gasteiger partial charge in [0.1, 0.15) is 5.82 Å². The van der Waals surface area contributed by atoms with Crippen molar-refractivity contribution in [2.24, 2.45) is 0 Å². The summed E-state index contributed by atoms with van der Waals surface area (Å²) in [6, 6.07) is 11.8. The lowest BCUT2D eigenvalue weighted by Gasteiger charge is -2.26. The maximum Gasteiger partial charge on any atom is 0.255 e. The van der Waals surface area contributed by atoms with Crippen LogP contribution in [0.15, 0.2) is 42.6 Å². The highest BCUT2D eigenvalue weighted by Gasteiger charge is 2.43. The number of morpholine rings is 1. The zero-order chi connectivity index (χ0) is 18.0. The van der Waals surface area contributed by atoms with Crippen LogP contribution in [0.4, 0.5) is 5.82 Å². The average molecular weight is 372 g/mol. The van der Waals surface area contributed by atoms with E-state index in [1.54, 1.807) is 6.20 Å². The second-order valence-corrected chi connectivity index (χ2v) is 7.41. The van der Waals surface area contributed by atoms with Gasteiger partial charge in [0, 0.05) is 36.3 Å². The van der Waals surface area contributed by atoms with Crippen LogP contribution in [-0.2, 0) is 10.2 Å². The molecule has 2 heterocycles. The third-order valence-electron chi connectivity index (χ3n) is 5.23. The number of nitrogens with zero attached hydrogens (tertiary/aromatic N) is 2. The maximum atomic E-state index is 12.4. The SMILES string of the molecule is O=C(c1ccc(NCC2(c3ccc(Cl)cc3)CC2)nc1)N1CCOCC1. The van der Waals surface area contributed by atoms with Gasteiger partial charge >= 0.3 is 0 Å². The summed E-state index contributed by atoms with van der Waals surface area (Å²) in [5.74, 6) is 0.816. The molecule has 2 aliphatic rings. The summed E-state index contributed by atoms with van der Waals surface area (Å²) >= 11 is 5.99. The molecule has 0 atom stereocenters. The zero-order valence-electron chi connectivity index (χ0n) is 14.6. The number of carbonyl (C=O) groups excluding carboxylic acids is 1. The zero-order valence-corrected chi connectivity index (χ0v) is 15.3. The van der Waals surface area contributed by atoms with Crippen LogP contribution < -0.4 is 5.32 Å². The summed E-state index contributed by atoms with van der Waals surface area (Å²) in [5.41, 5.74) is 2.11. The fourth-order valence-corrected chi connectivity index (χ4v) is 3.48. The number of nitrogens with one attached hydrogen (secondary N) is 1. The predicted octanol–water partition coefficient (Wildman–Crippen LogP) is 3.35. The highest BCUT2D eigenvalue weighted by atomic mass is 35.5. The molecule has 1 saturated heterocycles. The third kappa shape index (κ3) is 3.69. The lowest BCUT2D eigenvalue weighted by molar-refractivity contribution is 0.0302. The van der Waals surface area contributed by atoms with E-state index in [-0.39, 0.29) is 11.3 Å². The van der Waals surface area contributed by atoms with E-state index < -0.39 is 0 Å². The Bertz CT molecular complexity index is 767. The molecule has 2 aromatic rings. The summed E-state index contributed by atoms with van der Waals surface area (Å²) in [4.78, 5) is 18.7. The second kappa shape index (κ2) is 7.25. The molecule has 1 aromatic carbocycles. The molecule has 2 fully saturated rings. The maximum absolute atomic E-state index is 12.4. The number of benzene rings is 1. The summed E-state index contributed by atoms with van der Waals surface area (Å²) in [6.45, 7) is 3.32. The number of anilines is 1. The molecule has 0 spiro atoms. The van der Waals surface area contributed by atoms with Crippen LogP contribution in [0.2, 0.25) is 5.02 Å². The minimum Gasteiger partial charge on any atom is -0.378 e. The van der Waals surface area contributed by atoms with Crippen LogP contribution in [0.1, 0.15) is 28.8 Å². The molecule has 6 heteroatoms. The summed E-state index contributed by atoms with van der Waals surface area (Å²) < 4.78 is 5.29. The number of aromatic nitrogens is 1. The molecular formula is C20H22ClN3O2. The van der Waals surface area contributed by atoms with Crippen molar-refractivity contribution in [2.45, 2.75) is 18.3 Å². The molecule has 1 aliphatic carbocycles. The van der Waals surface area contributed by atoms with E-state index in [1.165, 1.54) is 5.56 Å². The van der Waals surface area contributed by atoms with Gasteiger partial charge in [-0.15, -0.1) is 0 Å². The fourth-order valence-electron chi connectivity index (χ4n) is 3.36. The van der Waals surface area contributed by atoms with Crippen LogP contribution in [0.25, 0.3) is 0 Å². The number of ether oxygens (including phenoxy) is 1. The Morgan fingerprint density at radius 2 is 1.88 bits per heavy atom. The number of amides is 1. The van der Waals surface area contributed by atoms with Crippen molar-refractivity contribution in [3.63, 3.8) is 0 Å². The first-order valence-corrected chi connectivity index (χ1v) is 9.37. The van der Waals surface area contributed by atoms with Crippen molar-refractivity contribution in [3.8, 4) is 0 Å². The van der Waals surface area contributed by atoms with Gasteiger partial charge < -0.3 is 15.0 Å². The van der Waals surface area contributed by atoms with E-state index >= 15 is 0 Å². The molecule has 1 aromatic heterocycles. The molecular weight excluding hydrogens is 350 g/mol. The van der Waals surface area contributed by atoms with Gasteiger partial charge in [0.05, 0.1) is 18.8 Å². The molecule has 0 radical (unpaired) electrons. The van der Waals surface area contributed by atoms with Crippen LogP contribution in [0.3, 0.4) is 0 Å². The van der Waals surface area contributed by atoms with Gasteiger partial charge in [-0.25, -0.2) is 4.98 Å². The highest BCUT2D eigenvalue weighted by molar-refractivity contribution is 6.30.